The van der Waals surface area contributed by atoms with Crippen LogP contribution in [0, 0.1) is 12.3 Å². The highest BCUT2D eigenvalue weighted by molar-refractivity contribution is 6.63. The lowest BCUT2D eigenvalue weighted by Gasteiger charge is -2.34. The van der Waals surface area contributed by atoms with Crippen LogP contribution in [-0.4, -0.2) is 61.5 Å². The first kappa shape index (κ1) is 39.4. The Kier molecular flexibility index (Phi) is 11.2. The van der Waals surface area contributed by atoms with Crippen molar-refractivity contribution < 1.29 is 0 Å². The highest BCUT2D eigenvalue weighted by Crippen LogP contribution is 2.38. The lowest BCUT2D eigenvalue weighted by molar-refractivity contribution is 1.10. The summed E-state index contributed by atoms with van der Waals surface area (Å²) in [5.41, 5.74) is 20.6. The van der Waals surface area contributed by atoms with E-state index in [1.165, 1.54) is 99.1 Å². The largest absolute Gasteiger partial charge is 0.339 e. The van der Waals surface area contributed by atoms with Gasteiger partial charge in [0.25, 0.3) is 0 Å². The molecule has 59 heavy (non-hydrogen) atoms. The molecule has 0 heterocycles. The van der Waals surface area contributed by atoms with Gasteiger partial charge >= 0.3 is 0 Å². The van der Waals surface area contributed by atoms with Crippen molar-refractivity contribution in [2.75, 3.05) is 11.4 Å². The van der Waals surface area contributed by atoms with Gasteiger partial charge < -0.3 is 4.90 Å². The Morgan fingerprint density at radius 1 is 0.508 bits per heavy atom. The predicted molar refractivity (Wildman–Crippen MR) is 279 cm³/mol. The van der Waals surface area contributed by atoms with Crippen LogP contribution < -0.4 is 26.8 Å². The molecule has 0 aliphatic rings. The van der Waals surface area contributed by atoms with Crippen LogP contribution in [0.1, 0.15) is 5.56 Å². The van der Waals surface area contributed by atoms with Crippen molar-refractivity contribution in [1.29, 1.82) is 0 Å². The highest BCUT2D eigenvalue weighted by Gasteiger charge is 2.24. The number of hydrogen-bond acceptors (Lipinski definition) is 1. The zero-order valence-corrected chi connectivity index (χ0v) is 35.3. The molecule has 8 heteroatoms. The number of anilines is 2. The van der Waals surface area contributed by atoms with Gasteiger partial charge in [0.1, 0.15) is 47.1 Å². The van der Waals surface area contributed by atoms with E-state index in [1.807, 2.05) is 0 Å². The molecule has 8 aromatic carbocycles. The van der Waals surface area contributed by atoms with Gasteiger partial charge in [0.2, 0.25) is 0 Å². The van der Waals surface area contributed by atoms with Crippen LogP contribution in [0.4, 0.5) is 11.4 Å². The van der Waals surface area contributed by atoms with Crippen LogP contribution in [0.3, 0.4) is 0 Å². The summed E-state index contributed by atoms with van der Waals surface area (Å²) in [6.07, 6.45) is 6.29. The van der Waals surface area contributed by atoms with Gasteiger partial charge in [-0.05, 0) is 78.3 Å². The van der Waals surface area contributed by atoms with Crippen molar-refractivity contribution in [3.05, 3.63) is 186 Å². The van der Waals surface area contributed by atoms with Crippen molar-refractivity contribution >= 4 is 115 Å². The van der Waals surface area contributed by atoms with Gasteiger partial charge in [0, 0.05) is 23.3 Å². The average molecular weight is 747 g/mol. The van der Waals surface area contributed by atoms with Crippen molar-refractivity contribution in [2.45, 2.75) is 0 Å². The second kappa shape index (κ2) is 16.8. The quantitative estimate of drug-likeness (QED) is 0.125. The van der Waals surface area contributed by atoms with E-state index in [4.69, 9.17) is 6.42 Å². The fourth-order valence-corrected chi connectivity index (χ4v) is 9.05. The van der Waals surface area contributed by atoms with Crippen molar-refractivity contribution in [3.8, 4) is 45.7 Å². The normalized spacial score (nSPS) is 12.1. The predicted octanol–water partition coefficient (Wildman–Crippen LogP) is 3.32. The van der Waals surface area contributed by atoms with Crippen LogP contribution in [0.15, 0.2) is 180 Å². The van der Waals surface area contributed by atoms with Gasteiger partial charge in [-0.1, -0.05) is 190 Å². The van der Waals surface area contributed by atoms with Crippen LogP contribution in [0.5, 0.6) is 0 Å². The van der Waals surface area contributed by atoms with E-state index in [9.17, 15) is 0 Å². The summed E-state index contributed by atoms with van der Waals surface area (Å²) in [4.78, 5) is 2.56. The standard InChI is InChI=1S/C51H44B7N/c1-2-41(52)44(35-27-28-37(31-15-5-3-6-16-31)40(29-35)34-17-7-4-8-18-34)46(54)42(53)30-59(43-26-14-22-33-20-10-12-24-38(33)43)51-49(57)47(55)45(48(56)50(51)58)39-25-13-21-32-19-9-11-23-36(32)39/h1,3-29H,30,52-58H2/b44-41+,46-42-. The smallest absolute Gasteiger partial charge is 0.151 e. The number of fused-ring (bicyclic) bond motifs is 2. The second-order valence-corrected chi connectivity index (χ2v) is 15.9. The van der Waals surface area contributed by atoms with Crippen molar-refractivity contribution in [1.82, 2.24) is 0 Å². The van der Waals surface area contributed by atoms with Crippen LogP contribution >= 0.6 is 0 Å². The zero-order valence-electron chi connectivity index (χ0n) is 35.3. The third-order valence-corrected chi connectivity index (χ3v) is 12.5. The second-order valence-electron chi connectivity index (χ2n) is 15.9. The Morgan fingerprint density at radius 3 is 1.66 bits per heavy atom. The van der Waals surface area contributed by atoms with E-state index in [2.05, 4.69) is 230 Å². The van der Waals surface area contributed by atoms with E-state index in [-0.39, 0.29) is 0 Å². The summed E-state index contributed by atoms with van der Waals surface area (Å²) in [5, 5.41) is 4.99. The Bertz CT molecular complexity index is 2960. The molecule has 0 bridgehead atoms. The molecule has 0 N–H and O–H groups in total. The zero-order chi connectivity index (χ0) is 41.2. The third kappa shape index (κ3) is 7.43. The van der Waals surface area contributed by atoms with Gasteiger partial charge in [0.05, 0.1) is 0 Å². The Balaban J connectivity index is 1.31. The molecular weight excluding hydrogens is 702 g/mol. The monoisotopic (exact) mass is 747 g/mol. The first-order valence-corrected chi connectivity index (χ1v) is 20.6. The maximum absolute atomic E-state index is 6.29. The molecule has 0 unspecified atom stereocenters. The number of allylic oxidation sites excluding steroid dienone is 3. The van der Waals surface area contributed by atoms with Gasteiger partial charge in [-0.15, -0.1) is 6.42 Å². The van der Waals surface area contributed by atoms with Gasteiger partial charge in [0.15, 0.2) is 7.85 Å². The van der Waals surface area contributed by atoms with E-state index in [1.54, 1.807) is 0 Å². The topological polar surface area (TPSA) is 3.24 Å². The first-order chi connectivity index (χ1) is 28.7. The summed E-state index contributed by atoms with van der Waals surface area (Å²) in [5.74, 6) is 3.05. The van der Waals surface area contributed by atoms with E-state index >= 15 is 0 Å². The number of rotatable bonds is 9. The van der Waals surface area contributed by atoms with Crippen molar-refractivity contribution in [3.63, 3.8) is 0 Å². The minimum atomic E-state index is 0.684. The molecule has 1 nitrogen and oxygen atoms in total. The molecule has 274 valence electrons. The third-order valence-electron chi connectivity index (χ3n) is 12.5. The average Bonchev–Trinajstić information content (AvgIpc) is 3.28. The van der Waals surface area contributed by atoms with Crippen LogP contribution in [0.2, 0.25) is 0 Å². The van der Waals surface area contributed by atoms with Gasteiger partial charge in [-0.2, -0.15) is 0 Å². The lowest BCUT2D eigenvalue weighted by atomic mass is 9.64. The molecule has 0 fully saturated rings. The molecule has 0 saturated carbocycles. The number of benzene rings is 8. The number of nitrogens with zero attached hydrogens (tertiary/aromatic N) is 1. The Hall–Kier alpha value is -6.43. The van der Waals surface area contributed by atoms with Crippen LogP contribution in [-0.2, 0) is 0 Å². The summed E-state index contributed by atoms with van der Waals surface area (Å²) in [6, 6.07) is 59.0. The number of hydrogen-bond donors (Lipinski definition) is 0. The summed E-state index contributed by atoms with van der Waals surface area (Å²) >= 11 is 0. The van der Waals surface area contributed by atoms with Gasteiger partial charge in [-0.3, -0.25) is 0 Å². The SMILES string of the molecule is B/C(CN(c1c(B)c(B)c(-c2cccc3ccccc23)c(B)c1B)c1cccc2ccccc12)=C(B)/C(=C(/B)C#C)c1ccc(-c2ccccc2)c(-c2ccccc2)c1. The summed E-state index contributed by atoms with van der Waals surface area (Å²) in [7, 11) is 15.8. The summed E-state index contributed by atoms with van der Waals surface area (Å²) < 4.78 is 0. The minimum absolute atomic E-state index is 0.684. The van der Waals surface area contributed by atoms with Crippen LogP contribution in [0.25, 0.3) is 60.5 Å². The highest BCUT2D eigenvalue weighted by atomic mass is 15.1. The molecule has 8 aromatic rings. The Labute approximate surface area is 356 Å². The molecule has 0 aromatic heterocycles. The van der Waals surface area contributed by atoms with Crippen molar-refractivity contribution in [2.24, 2.45) is 0 Å². The molecule has 0 atom stereocenters. The minimum Gasteiger partial charge on any atom is -0.339 e. The van der Waals surface area contributed by atoms with E-state index in [0.29, 0.717) is 6.54 Å². The first-order valence-electron chi connectivity index (χ1n) is 20.6. The molecular formula is C51H44B7N. The molecule has 0 aliphatic heterocycles. The van der Waals surface area contributed by atoms with E-state index in [0.717, 1.165) is 16.6 Å². The summed E-state index contributed by atoms with van der Waals surface area (Å²) in [6.45, 7) is 0.684. The molecule has 0 spiro atoms. The lowest BCUT2D eigenvalue weighted by Crippen LogP contribution is -2.47. The molecule has 8 rings (SSSR count). The number of terminal acetylenes is 1. The fourth-order valence-electron chi connectivity index (χ4n) is 9.05. The van der Waals surface area contributed by atoms with Gasteiger partial charge in [-0.25, -0.2) is 0 Å². The van der Waals surface area contributed by atoms with E-state index < -0.39 is 0 Å². The molecule has 0 amide bonds. The molecule has 0 saturated heterocycles. The molecule has 0 aliphatic carbocycles. The maximum atomic E-state index is 6.29. The fraction of sp³-hybridized carbons (Fsp3) is 0.0196. The maximum Gasteiger partial charge on any atom is 0.151 e. The Morgan fingerprint density at radius 2 is 1.03 bits per heavy atom. The molecule has 0 radical (unpaired) electrons.